The van der Waals surface area contributed by atoms with Crippen molar-refractivity contribution in [1.82, 2.24) is 25.2 Å². The zero-order valence-corrected chi connectivity index (χ0v) is 20.6. The lowest BCUT2D eigenvalue weighted by molar-refractivity contribution is 0.0695. The highest BCUT2D eigenvalue weighted by Gasteiger charge is 2.29. The number of fused-ring (bicyclic) bond motifs is 3. The monoisotopic (exact) mass is 511 g/mol. The van der Waals surface area contributed by atoms with E-state index in [2.05, 4.69) is 20.7 Å². The first-order valence-corrected chi connectivity index (χ1v) is 12.4. The minimum Gasteiger partial charge on any atom is -0.488 e. The molecule has 2 aliphatic rings. The SMILES string of the molecule is Cc1c(C(=O)O)ccc2c1CC[C@@H]2NC(=O)c1cc(C(=O)NCC2Cc3ccccc3O2)nc2ccnn12. The molecule has 6 rings (SSSR count). The smallest absolute Gasteiger partial charge is 0.335 e. The van der Waals surface area contributed by atoms with Crippen LogP contribution in [0.5, 0.6) is 5.75 Å². The predicted octanol–water partition coefficient (Wildman–Crippen LogP) is 2.89. The summed E-state index contributed by atoms with van der Waals surface area (Å²) >= 11 is 0. The molecule has 0 saturated carbocycles. The number of hydrogen-bond acceptors (Lipinski definition) is 6. The van der Waals surface area contributed by atoms with Gasteiger partial charge in [-0.3, -0.25) is 9.59 Å². The van der Waals surface area contributed by atoms with E-state index in [0.29, 0.717) is 31.5 Å². The van der Waals surface area contributed by atoms with Gasteiger partial charge in [0.15, 0.2) is 5.65 Å². The highest BCUT2D eigenvalue weighted by Crippen LogP contribution is 2.35. The van der Waals surface area contributed by atoms with Crippen molar-refractivity contribution in [3.05, 3.63) is 93.9 Å². The Labute approximate surface area is 217 Å². The summed E-state index contributed by atoms with van der Waals surface area (Å²) in [5, 5.41) is 19.5. The lowest BCUT2D eigenvalue weighted by Gasteiger charge is -2.16. The number of para-hydroxylation sites is 1. The lowest BCUT2D eigenvalue weighted by atomic mass is 9.98. The molecule has 192 valence electrons. The Morgan fingerprint density at radius 1 is 1.13 bits per heavy atom. The van der Waals surface area contributed by atoms with Gasteiger partial charge in [0.1, 0.15) is 23.2 Å². The second kappa shape index (κ2) is 9.29. The Hall–Kier alpha value is -4.73. The van der Waals surface area contributed by atoms with Gasteiger partial charge in [-0.05, 0) is 54.2 Å². The maximum atomic E-state index is 13.4. The standard InChI is InChI=1S/C28H25N5O5/c1-15-18-8-9-21(20(18)7-6-19(15)28(36)37)32-27(35)23-13-22(31-25-10-11-30-33(23)25)26(34)29-14-17-12-16-4-2-3-5-24(16)38-17/h2-7,10-11,13,17,21H,8-9,12,14H2,1H3,(H,29,34)(H,32,35)(H,36,37)/t17?,21-/m0/s1. The number of aromatic carboxylic acids is 1. The molecule has 38 heavy (non-hydrogen) atoms. The maximum Gasteiger partial charge on any atom is 0.335 e. The van der Waals surface area contributed by atoms with Crippen molar-refractivity contribution < 1.29 is 24.2 Å². The van der Waals surface area contributed by atoms with Crippen LogP contribution >= 0.6 is 0 Å². The molecule has 2 aromatic carbocycles. The van der Waals surface area contributed by atoms with Crippen LogP contribution in [-0.4, -0.2) is 50.1 Å². The second-order valence-electron chi connectivity index (χ2n) is 9.57. The molecule has 0 saturated heterocycles. The van der Waals surface area contributed by atoms with Gasteiger partial charge < -0.3 is 20.5 Å². The van der Waals surface area contributed by atoms with E-state index in [9.17, 15) is 19.5 Å². The zero-order chi connectivity index (χ0) is 26.4. The van der Waals surface area contributed by atoms with E-state index in [4.69, 9.17) is 4.74 Å². The minimum absolute atomic E-state index is 0.104. The molecule has 0 bridgehead atoms. The third-order valence-electron chi connectivity index (χ3n) is 7.26. The quantitative estimate of drug-likeness (QED) is 0.362. The van der Waals surface area contributed by atoms with E-state index in [1.165, 1.54) is 16.8 Å². The lowest BCUT2D eigenvalue weighted by Crippen LogP contribution is -2.35. The first-order chi connectivity index (χ1) is 18.4. The number of benzene rings is 2. The summed E-state index contributed by atoms with van der Waals surface area (Å²) in [7, 11) is 0. The number of nitrogens with one attached hydrogen (secondary N) is 2. The molecule has 2 amide bonds. The van der Waals surface area contributed by atoms with Crippen LogP contribution in [0.3, 0.4) is 0 Å². The van der Waals surface area contributed by atoms with Crippen LogP contribution < -0.4 is 15.4 Å². The summed E-state index contributed by atoms with van der Waals surface area (Å²) in [5.74, 6) is -0.953. The summed E-state index contributed by atoms with van der Waals surface area (Å²) in [6.07, 6.45) is 3.36. The van der Waals surface area contributed by atoms with Crippen molar-refractivity contribution in [3.63, 3.8) is 0 Å². The van der Waals surface area contributed by atoms with Crippen molar-refractivity contribution in [3.8, 4) is 5.75 Å². The van der Waals surface area contributed by atoms with Gasteiger partial charge in [0.2, 0.25) is 0 Å². The summed E-state index contributed by atoms with van der Waals surface area (Å²) < 4.78 is 7.30. The van der Waals surface area contributed by atoms with Crippen LogP contribution in [0.1, 0.15) is 66.1 Å². The van der Waals surface area contributed by atoms with Gasteiger partial charge in [-0.25, -0.2) is 14.3 Å². The largest absolute Gasteiger partial charge is 0.488 e. The van der Waals surface area contributed by atoms with E-state index in [1.54, 1.807) is 25.1 Å². The number of hydrogen-bond donors (Lipinski definition) is 3. The molecule has 2 atom stereocenters. The molecule has 3 heterocycles. The van der Waals surface area contributed by atoms with E-state index in [0.717, 1.165) is 28.0 Å². The van der Waals surface area contributed by atoms with E-state index in [-0.39, 0.29) is 29.1 Å². The molecule has 10 heteroatoms. The molecule has 1 aliphatic heterocycles. The first kappa shape index (κ1) is 23.7. The Kier molecular flexibility index (Phi) is 5.79. The Bertz CT molecular complexity index is 1590. The molecule has 3 N–H and O–H groups in total. The number of carbonyl (C=O) groups is 3. The van der Waals surface area contributed by atoms with Crippen LogP contribution in [0.4, 0.5) is 0 Å². The number of amides is 2. The van der Waals surface area contributed by atoms with Gasteiger partial charge in [0, 0.05) is 18.6 Å². The van der Waals surface area contributed by atoms with Gasteiger partial charge in [-0.1, -0.05) is 24.3 Å². The third kappa shape index (κ3) is 4.13. The first-order valence-electron chi connectivity index (χ1n) is 12.4. The van der Waals surface area contributed by atoms with Gasteiger partial charge in [-0.15, -0.1) is 0 Å². The number of aromatic nitrogens is 3. The van der Waals surface area contributed by atoms with E-state index in [1.807, 2.05) is 24.3 Å². The highest BCUT2D eigenvalue weighted by atomic mass is 16.5. The van der Waals surface area contributed by atoms with Crippen LogP contribution in [0.2, 0.25) is 0 Å². The average molecular weight is 512 g/mol. The van der Waals surface area contributed by atoms with Crippen LogP contribution in [0.15, 0.2) is 54.7 Å². The van der Waals surface area contributed by atoms with Crippen LogP contribution in [0.25, 0.3) is 5.65 Å². The molecule has 0 spiro atoms. The number of rotatable bonds is 6. The Balaban J connectivity index is 1.19. The topological polar surface area (TPSA) is 135 Å². The zero-order valence-electron chi connectivity index (χ0n) is 20.6. The highest BCUT2D eigenvalue weighted by molar-refractivity contribution is 5.98. The minimum atomic E-state index is -0.967. The molecule has 10 nitrogen and oxygen atoms in total. The molecule has 1 aliphatic carbocycles. The van der Waals surface area contributed by atoms with Gasteiger partial charge >= 0.3 is 5.97 Å². The summed E-state index contributed by atoms with van der Waals surface area (Å²) in [6.45, 7) is 2.10. The Morgan fingerprint density at radius 3 is 2.79 bits per heavy atom. The fourth-order valence-corrected chi connectivity index (χ4v) is 5.35. The molecular weight excluding hydrogens is 486 g/mol. The van der Waals surface area contributed by atoms with Crippen molar-refractivity contribution >= 4 is 23.4 Å². The van der Waals surface area contributed by atoms with Gasteiger partial charge in [0.05, 0.1) is 24.3 Å². The molecular formula is C28H25N5O5. The normalized spacial score (nSPS) is 17.5. The maximum absolute atomic E-state index is 13.4. The fourth-order valence-electron chi connectivity index (χ4n) is 5.35. The predicted molar refractivity (Wildman–Crippen MR) is 137 cm³/mol. The second-order valence-corrected chi connectivity index (χ2v) is 9.57. The van der Waals surface area contributed by atoms with Gasteiger partial charge in [0.25, 0.3) is 11.8 Å². The van der Waals surface area contributed by atoms with Crippen molar-refractivity contribution in [2.75, 3.05) is 6.54 Å². The number of ether oxygens (including phenoxy) is 1. The van der Waals surface area contributed by atoms with E-state index >= 15 is 0 Å². The average Bonchev–Trinajstić information content (AvgIpc) is 3.65. The number of carboxylic acid groups (broad SMARTS) is 1. The van der Waals surface area contributed by atoms with E-state index < -0.39 is 17.8 Å². The van der Waals surface area contributed by atoms with Crippen molar-refractivity contribution in [2.24, 2.45) is 0 Å². The van der Waals surface area contributed by atoms with Crippen LogP contribution in [-0.2, 0) is 12.8 Å². The number of carbonyl (C=O) groups excluding carboxylic acids is 2. The van der Waals surface area contributed by atoms with Crippen molar-refractivity contribution in [1.29, 1.82) is 0 Å². The van der Waals surface area contributed by atoms with Crippen LogP contribution in [0, 0.1) is 6.92 Å². The van der Waals surface area contributed by atoms with Gasteiger partial charge in [-0.2, -0.15) is 5.10 Å². The van der Waals surface area contributed by atoms with Crippen molar-refractivity contribution in [2.45, 2.75) is 38.3 Å². The molecule has 1 unspecified atom stereocenters. The summed E-state index contributed by atoms with van der Waals surface area (Å²) in [4.78, 5) is 42.3. The summed E-state index contributed by atoms with van der Waals surface area (Å²) in [6, 6.07) is 13.9. The third-order valence-corrected chi connectivity index (χ3v) is 7.26. The molecule has 0 fully saturated rings. The molecule has 0 radical (unpaired) electrons. The molecule has 4 aromatic rings. The number of carboxylic acids is 1. The fraction of sp³-hybridized carbons (Fsp3) is 0.250. The molecule has 2 aromatic heterocycles. The summed E-state index contributed by atoms with van der Waals surface area (Å²) in [5.41, 5.74) is 4.61. The number of nitrogens with zero attached hydrogens (tertiary/aromatic N) is 3. The Morgan fingerprint density at radius 2 is 1.97 bits per heavy atom.